The molecule has 0 bridgehead atoms. The summed E-state index contributed by atoms with van der Waals surface area (Å²) < 4.78 is 13.4. The highest BCUT2D eigenvalue weighted by Crippen LogP contribution is 2.35. The predicted molar refractivity (Wildman–Crippen MR) is 99.5 cm³/mol. The van der Waals surface area contributed by atoms with Crippen LogP contribution in [-0.2, 0) is 6.42 Å². The maximum Gasteiger partial charge on any atom is 0.320 e. The van der Waals surface area contributed by atoms with Crippen LogP contribution in [0.5, 0.6) is 0 Å². The molecule has 0 spiro atoms. The average Bonchev–Trinajstić information content (AvgIpc) is 2.64. The van der Waals surface area contributed by atoms with Crippen molar-refractivity contribution < 1.29 is 9.18 Å². The molecule has 0 unspecified atom stereocenters. The minimum atomic E-state index is -0.259. The van der Waals surface area contributed by atoms with Crippen LogP contribution in [0.3, 0.4) is 0 Å². The van der Waals surface area contributed by atoms with Crippen LogP contribution in [0.25, 0.3) is 0 Å². The number of halogens is 1. The Hall–Kier alpha value is -2.40. The van der Waals surface area contributed by atoms with E-state index in [-0.39, 0.29) is 17.9 Å². The Morgan fingerprint density at radius 3 is 2.62 bits per heavy atom. The summed E-state index contributed by atoms with van der Waals surface area (Å²) in [5, 5.41) is 3.25. The average molecular weight is 353 g/mol. The van der Waals surface area contributed by atoms with Gasteiger partial charge in [0, 0.05) is 39.1 Å². The number of benzene rings is 2. The molecule has 26 heavy (non-hydrogen) atoms. The van der Waals surface area contributed by atoms with Crippen molar-refractivity contribution in [1.29, 1.82) is 0 Å². The molecule has 1 N–H and O–H groups in total. The smallest absolute Gasteiger partial charge is 0.320 e. The Balaban J connectivity index is 1.66. The first kappa shape index (κ1) is 17.0. The van der Waals surface area contributed by atoms with Gasteiger partial charge in [0.1, 0.15) is 5.82 Å². The van der Waals surface area contributed by atoms with Crippen LogP contribution in [0, 0.1) is 11.7 Å². The van der Waals surface area contributed by atoms with Crippen molar-refractivity contribution in [3.63, 3.8) is 0 Å². The first-order valence-electron chi connectivity index (χ1n) is 9.19. The molecule has 5 heteroatoms. The van der Waals surface area contributed by atoms with Crippen LogP contribution in [0.15, 0.2) is 48.5 Å². The minimum absolute atomic E-state index is 0.0423. The van der Waals surface area contributed by atoms with Gasteiger partial charge in [-0.3, -0.25) is 0 Å². The normalized spacial score (nSPS) is 19.6. The quantitative estimate of drug-likeness (QED) is 0.921. The maximum absolute atomic E-state index is 13.4. The lowest BCUT2D eigenvalue weighted by Gasteiger charge is -2.41. The Kier molecular flexibility index (Phi) is 4.64. The van der Waals surface area contributed by atoms with E-state index in [9.17, 15) is 9.18 Å². The molecule has 2 heterocycles. The number of nitrogens with zero attached hydrogens (tertiary/aromatic N) is 2. The monoisotopic (exact) mass is 353 g/mol. The van der Waals surface area contributed by atoms with Gasteiger partial charge in [0.2, 0.25) is 0 Å². The number of hydrogen-bond acceptors (Lipinski definition) is 2. The van der Waals surface area contributed by atoms with Gasteiger partial charge in [-0.05, 0) is 35.2 Å². The van der Waals surface area contributed by atoms with Crippen LogP contribution in [0.2, 0.25) is 0 Å². The summed E-state index contributed by atoms with van der Waals surface area (Å²) in [6, 6.07) is 14.6. The van der Waals surface area contributed by atoms with E-state index in [1.807, 2.05) is 29.0 Å². The lowest BCUT2D eigenvalue weighted by atomic mass is 9.88. The van der Waals surface area contributed by atoms with Gasteiger partial charge < -0.3 is 15.1 Å². The Bertz CT molecular complexity index is 788. The van der Waals surface area contributed by atoms with Crippen molar-refractivity contribution in [3.8, 4) is 0 Å². The summed E-state index contributed by atoms with van der Waals surface area (Å²) in [5.41, 5.74) is 3.35. The predicted octanol–water partition coefficient (Wildman–Crippen LogP) is 3.04. The number of carbonyl (C=O) groups is 1. The number of nitrogens with one attached hydrogen (secondary N) is 1. The number of fused-ring (bicyclic) bond motifs is 1. The lowest BCUT2D eigenvalue weighted by molar-refractivity contribution is 0.134. The van der Waals surface area contributed by atoms with Gasteiger partial charge in [0.15, 0.2) is 0 Å². The summed E-state index contributed by atoms with van der Waals surface area (Å²) in [5.74, 6) is 0.274. The van der Waals surface area contributed by atoms with Gasteiger partial charge in [-0.2, -0.15) is 0 Å². The number of amides is 2. The number of rotatable bonds is 3. The molecule has 0 radical (unpaired) electrons. The zero-order chi connectivity index (χ0) is 18.1. The van der Waals surface area contributed by atoms with Crippen LogP contribution in [-0.4, -0.2) is 49.1 Å². The molecule has 2 amide bonds. The summed E-state index contributed by atoms with van der Waals surface area (Å²) in [6.45, 7) is 3.38. The molecule has 4 nitrogen and oxygen atoms in total. The maximum atomic E-state index is 13.4. The van der Waals surface area contributed by atoms with E-state index in [0.717, 1.165) is 37.2 Å². The molecule has 4 rings (SSSR count). The van der Waals surface area contributed by atoms with Gasteiger partial charge in [-0.1, -0.05) is 36.4 Å². The van der Waals surface area contributed by atoms with Gasteiger partial charge in [0.25, 0.3) is 0 Å². The number of carbonyl (C=O) groups excluding carboxylic acids is 1. The summed E-state index contributed by atoms with van der Waals surface area (Å²) in [6.07, 6.45) is 0.846. The van der Waals surface area contributed by atoms with Crippen molar-refractivity contribution >= 4 is 6.03 Å². The highest BCUT2D eigenvalue weighted by Gasteiger charge is 2.34. The largest absolute Gasteiger partial charge is 0.327 e. The molecule has 2 aromatic carbocycles. The van der Waals surface area contributed by atoms with Gasteiger partial charge in [-0.25, -0.2) is 9.18 Å². The molecule has 1 atom stereocenters. The minimum Gasteiger partial charge on any atom is -0.327 e. The van der Waals surface area contributed by atoms with Gasteiger partial charge >= 0.3 is 6.03 Å². The Morgan fingerprint density at radius 1 is 1.19 bits per heavy atom. The number of urea groups is 1. The fourth-order valence-corrected chi connectivity index (χ4v) is 3.94. The SMILES string of the molecule is CN(CC1CNC1)C(=O)N1CCc2ccccc2[C@@H]1c1ccc(F)cc1. The number of hydrogen-bond donors (Lipinski definition) is 1. The van der Waals surface area contributed by atoms with Crippen molar-refractivity contribution in [1.82, 2.24) is 15.1 Å². The van der Waals surface area contributed by atoms with Crippen LogP contribution >= 0.6 is 0 Å². The van der Waals surface area contributed by atoms with Crippen molar-refractivity contribution in [2.45, 2.75) is 12.5 Å². The van der Waals surface area contributed by atoms with Crippen LogP contribution in [0.4, 0.5) is 9.18 Å². The molecular weight excluding hydrogens is 329 g/mol. The Labute approximate surface area is 153 Å². The van der Waals surface area contributed by atoms with E-state index in [2.05, 4.69) is 17.4 Å². The second kappa shape index (κ2) is 7.08. The second-order valence-electron chi connectivity index (χ2n) is 7.28. The third-order valence-electron chi connectivity index (χ3n) is 5.44. The van der Waals surface area contributed by atoms with Crippen molar-refractivity contribution in [2.75, 3.05) is 33.2 Å². The molecular formula is C21H24FN3O. The fourth-order valence-electron chi connectivity index (χ4n) is 3.94. The molecule has 1 saturated heterocycles. The summed E-state index contributed by atoms with van der Waals surface area (Å²) in [4.78, 5) is 17.0. The third kappa shape index (κ3) is 3.19. The Morgan fingerprint density at radius 2 is 1.92 bits per heavy atom. The summed E-state index contributed by atoms with van der Waals surface area (Å²) >= 11 is 0. The molecule has 2 aliphatic heterocycles. The van der Waals surface area contributed by atoms with Crippen molar-refractivity contribution in [3.05, 3.63) is 71.0 Å². The van der Waals surface area contributed by atoms with E-state index >= 15 is 0 Å². The molecule has 136 valence electrons. The topological polar surface area (TPSA) is 35.6 Å². The highest BCUT2D eigenvalue weighted by molar-refractivity contribution is 5.76. The summed E-state index contributed by atoms with van der Waals surface area (Å²) in [7, 11) is 1.88. The second-order valence-corrected chi connectivity index (χ2v) is 7.28. The standard InChI is InChI=1S/C21H24FN3O/c1-24(14-15-12-23-13-15)21(26)25-11-10-16-4-2-3-5-19(16)20(25)17-6-8-18(22)9-7-17/h2-9,15,20,23H,10-14H2,1H3/t20-/m0/s1. The van der Waals surface area contributed by atoms with E-state index in [1.165, 1.54) is 17.7 Å². The zero-order valence-electron chi connectivity index (χ0n) is 15.0. The highest BCUT2D eigenvalue weighted by atomic mass is 19.1. The molecule has 0 saturated carbocycles. The first-order valence-corrected chi connectivity index (χ1v) is 9.19. The van der Waals surface area contributed by atoms with Crippen molar-refractivity contribution in [2.24, 2.45) is 5.92 Å². The molecule has 2 aromatic rings. The molecule has 2 aliphatic rings. The lowest BCUT2D eigenvalue weighted by Crippen LogP contribution is -2.52. The molecule has 0 aromatic heterocycles. The van der Waals surface area contributed by atoms with E-state index in [4.69, 9.17) is 0 Å². The van der Waals surface area contributed by atoms with Gasteiger partial charge in [-0.15, -0.1) is 0 Å². The fraction of sp³-hybridized carbons (Fsp3) is 0.381. The van der Waals surface area contributed by atoms with Gasteiger partial charge in [0.05, 0.1) is 6.04 Å². The molecule has 0 aliphatic carbocycles. The third-order valence-corrected chi connectivity index (χ3v) is 5.44. The van der Waals surface area contributed by atoms with Crippen LogP contribution < -0.4 is 5.32 Å². The van der Waals surface area contributed by atoms with E-state index < -0.39 is 0 Å². The molecule has 1 fully saturated rings. The van der Waals surface area contributed by atoms with Crippen LogP contribution in [0.1, 0.15) is 22.7 Å². The van der Waals surface area contributed by atoms with E-state index in [0.29, 0.717) is 12.5 Å². The first-order chi connectivity index (χ1) is 12.6. The zero-order valence-corrected chi connectivity index (χ0v) is 15.0. The van der Waals surface area contributed by atoms with E-state index in [1.54, 1.807) is 12.1 Å².